The number of aryl methyl sites for hydroxylation is 1. The lowest BCUT2D eigenvalue weighted by molar-refractivity contribution is -0.153. The van der Waals surface area contributed by atoms with Crippen LogP contribution in [0.15, 0.2) is 22.8 Å². The molecule has 1 heterocycles. The Hall–Kier alpha value is -2.73. The van der Waals surface area contributed by atoms with Crippen molar-refractivity contribution < 1.29 is 28.6 Å². The number of esters is 1. The number of aliphatic hydroxyl groups is 1. The lowest BCUT2D eigenvalue weighted by Gasteiger charge is -2.38. The van der Waals surface area contributed by atoms with Crippen LogP contribution < -0.4 is 0 Å². The molecule has 2 aromatic rings. The molecule has 2 aliphatic carbocycles. The van der Waals surface area contributed by atoms with Crippen molar-refractivity contribution in [2.75, 3.05) is 6.61 Å². The van der Waals surface area contributed by atoms with E-state index < -0.39 is 30.2 Å². The number of furan rings is 1. The standard InChI is InChI=1S/C21H20O6/c1-10-9-26-20-11-4-5-12-17(16(11)19(25)18(24)15(10)20)13(27-14(23)8-22)6-7-21(12,2)3/h4-5,9,13,22H,6-8H2,1-3H3. The van der Waals surface area contributed by atoms with Gasteiger partial charge in [-0.25, -0.2) is 4.79 Å². The molecule has 0 fully saturated rings. The molecule has 27 heavy (non-hydrogen) atoms. The van der Waals surface area contributed by atoms with Gasteiger partial charge >= 0.3 is 5.97 Å². The van der Waals surface area contributed by atoms with Gasteiger partial charge in [-0.2, -0.15) is 0 Å². The molecule has 1 unspecified atom stereocenters. The lowest BCUT2D eigenvalue weighted by atomic mass is 9.68. The van der Waals surface area contributed by atoms with Crippen LogP contribution in [-0.2, 0) is 14.9 Å². The first-order valence-corrected chi connectivity index (χ1v) is 8.91. The first-order chi connectivity index (χ1) is 12.8. The van der Waals surface area contributed by atoms with Crippen LogP contribution in [0.25, 0.3) is 11.3 Å². The van der Waals surface area contributed by atoms with E-state index in [4.69, 9.17) is 14.3 Å². The van der Waals surface area contributed by atoms with Crippen molar-refractivity contribution in [3.05, 3.63) is 46.2 Å². The summed E-state index contributed by atoms with van der Waals surface area (Å²) in [5.74, 6) is -1.59. The van der Waals surface area contributed by atoms with Crippen molar-refractivity contribution in [3.63, 3.8) is 0 Å². The van der Waals surface area contributed by atoms with E-state index in [0.717, 1.165) is 12.0 Å². The Balaban J connectivity index is 2.00. The van der Waals surface area contributed by atoms with Gasteiger partial charge in [-0.1, -0.05) is 26.0 Å². The molecule has 140 valence electrons. The van der Waals surface area contributed by atoms with Gasteiger partial charge in [-0.3, -0.25) is 9.59 Å². The minimum atomic E-state index is -0.757. The minimum Gasteiger partial charge on any atom is -0.463 e. The first-order valence-electron chi connectivity index (χ1n) is 8.91. The number of rotatable bonds is 2. The highest BCUT2D eigenvalue weighted by atomic mass is 16.6. The fraction of sp³-hybridized carbons (Fsp3) is 0.381. The highest BCUT2D eigenvalue weighted by molar-refractivity contribution is 6.53. The van der Waals surface area contributed by atoms with Gasteiger partial charge in [-0.15, -0.1) is 0 Å². The average molecular weight is 368 g/mol. The molecule has 0 bridgehead atoms. The lowest BCUT2D eigenvalue weighted by Crippen LogP contribution is -2.33. The highest BCUT2D eigenvalue weighted by Gasteiger charge is 2.43. The summed E-state index contributed by atoms with van der Waals surface area (Å²) in [5, 5.41) is 9.07. The fourth-order valence-corrected chi connectivity index (χ4v) is 4.21. The largest absolute Gasteiger partial charge is 0.463 e. The molecule has 4 rings (SSSR count). The van der Waals surface area contributed by atoms with Gasteiger partial charge in [-0.05, 0) is 36.3 Å². The molecule has 0 aliphatic heterocycles. The zero-order valence-electron chi connectivity index (χ0n) is 15.4. The first kappa shape index (κ1) is 17.7. The maximum absolute atomic E-state index is 13.0. The quantitative estimate of drug-likeness (QED) is 0.646. The molecular weight excluding hydrogens is 348 g/mol. The molecule has 1 aromatic carbocycles. The maximum atomic E-state index is 13.0. The highest BCUT2D eigenvalue weighted by Crippen LogP contribution is 2.49. The topological polar surface area (TPSA) is 93.8 Å². The zero-order chi connectivity index (χ0) is 19.5. The third kappa shape index (κ3) is 2.47. The minimum absolute atomic E-state index is 0.241. The predicted molar refractivity (Wildman–Crippen MR) is 95.7 cm³/mol. The Morgan fingerprint density at radius 2 is 1.96 bits per heavy atom. The normalized spacial score (nSPS) is 19.9. The smallest absolute Gasteiger partial charge is 0.332 e. The Morgan fingerprint density at radius 3 is 2.67 bits per heavy atom. The molecule has 1 N–H and O–H groups in total. The van der Waals surface area contributed by atoms with Gasteiger partial charge in [0.25, 0.3) is 0 Å². The van der Waals surface area contributed by atoms with Crippen molar-refractivity contribution in [2.24, 2.45) is 0 Å². The maximum Gasteiger partial charge on any atom is 0.332 e. The van der Waals surface area contributed by atoms with Gasteiger partial charge in [0.15, 0.2) is 0 Å². The third-order valence-corrected chi connectivity index (χ3v) is 5.61. The van der Waals surface area contributed by atoms with Crippen molar-refractivity contribution in [1.82, 2.24) is 0 Å². The number of hydrogen-bond acceptors (Lipinski definition) is 6. The summed E-state index contributed by atoms with van der Waals surface area (Å²) < 4.78 is 11.0. The Kier molecular flexibility index (Phi) is 3.85. The molecule has 2 aliphatic rings. The number of aliphatic hydroxyl groups excluding tert-OH is 1. The van der Waals surface area contributed by atoms with E-state index in [2.05, 4.69) is 13.8 Å². The van der Waals surface area contributed by atoms with Crippen LogP contribution in [0.5, 0.6) is 0 Å². The molecule has 0 saturated carbocycles. The van der Waals surface area contributed by atoms with Crippen LogP contribution >= 0.6 is 0 Å². The number of ketones is 2. The number of fused-ring (bicyclic) bond motifs is 5. The van der Waals surface area contributed by atoms with Crippen LogP contribution in [-0.4, -0.2) is 29.2 Å². The number of benzene rings is 1. The predicted octanol–water partition coefficient (Wildman–Crippen LogP) is 3.28. The Bertz CT molecular complexity index is 994. The zero-order valence-corrected chi connectivity index (χ0v) is 15.4. The van der Waals surface area contributed by atoms with Crippen LogP contribution in [0.1, 0.15) is 70.2 Å². The number of hydrogen-bond donors (Lipinski definition) is 1. The van der Waals surface area contributed by atoms with E-state index >= 15 is 0 Å². The summed E-state index contributed by atoms with van der Waals surface area (Å²) in [6, 6.07) is 3.72. The van der Waals surface area contributed by atoms with E-state index in [-0.39, 0.29) is 11.0 Å². The molecule has 0 saturated heterocycles. The Morgan fingerprint density at radius 1 is 1.26 bits per heavy atom. The summed E-state index contributed by atoms with van der Waals surface area (Å²) in [4.78, 5) is 37.5. The summed E-state index contributed by atoms with van der Waals surface area (Å²) in [6.07, 6.45) is 2.04. The average Bonchev–Trinajstić information content (AvgIpc) is 3.03. The van der Waals surface area contributed by atoms with Gasteiger partial charge < -0.3 is 14.3 Å². The van der Waals surface area contributed by atoms with Crippen molar-refractivity contribution >= 4 is 17.5 Å². The summed E-state index contributed by atoms with van der Waals surface area (Å²) in [6.45, 7) is 5.10. The Labute approximate surface area is 156 Å². The number of Topliss-reactive ketones (excluding diaryl/α,β-unsaturated/α-hetero) is 2. The summed E-state index contributed by atoms with van der Waals surface area (Å²) in [7, 11) is 0. The van der Waals surface area contributed by atoms with Gasteiger partial charge in [0.1, 0.15) is 18.5 Å². The van der Waals surface area contributed by atoms with E-state index in [1.165, 1.54) is 6.26 Å². The molecule has 0 spiro atoms. The van der Waals surface area contributed by atoms with E-state index in [1.54, 1.807) is 13.0 Å². The second kappa shape index (κ2) is 5.89. The van der Waals surface area contributed by atoms with Crippen molar-refractivity contribution in [2.45, 2.75) is 45.1 Å². The van der Waals surface area contributed by atoms with E-state index in [1.807, 2.05) is 6.07 Å². The van der Waals surface area contributed by atoms with Gasteiger partial charge in [0.2, 0.25) is 11.6 Å². The van der Waals surface area contributed by atoms with Crippen molar-refractivity contribution in [1.29, 1.82) is 0 Å². The van der Waals surface area contributed by atoms with E-state index in [9.17, 15) is 14.4 Å². The second-order valence-electron chi connectivity index (χ2n) is 7.79. The molecule has 0 radical (unpaired) electrons. The molecular formula is C21H20O6. The summed E-state index contributed by atoms with van der Waals surface area (Å²) in [5.41, 5.74) is 2.91. The fourth-order valence-electron chi connectivity index (χ4n) is 4.21. The van der Waals surface area contributed by atoms with Crippen LogP contribution in [0.3, 0.4) is 0 Å². The molecule has 0 amide bonds. The monoisotopic (exact) mass is 368 g/mol. The molecule has 1 atom stereocenters. The van der Waals surface area contributed by atoms with Gasteiger partial charge in [0, 0.05) is 16.7 Å². The second-order valence-corrected chi connectivity index (χ2v) is 7.79. The molecule has 6 heteroatoms. The number of ether oxygens (including phenoxy) is 1. The van der Waals surface area contributed by atoms with Crippen LogP contribution in [0.2, 0.25) is 0 Å². The number of carbonyl (C=O) groups excluding carboxylic acids is 3. The van der Waals surface area contributed by atoms with Crippen LogP contribution in [0, 0.1) is 6.92 Å². The summed E-state index contributed by atoms with van der Waals surface area (Å²) >= 11 is 0. The third-order valence-electron chi connectivity index (χ3n) is 5.61. The van der Waals surface area contributed by atoms with Crippen molar-refractivity contribution in [3.8, 4) is 11.3 Å². The van der Waals surface area contributed by atoms with Gasteiger partial charge in [0.05, 0.1) is 11.8 Å². The molecule has 1 aromatic heterocycles. The SMILES string of the molecule is Cc1coc2c1C(=O)C(=O)c1c-2ccc2c1C(OC(=O)CO)CCC2(C)C. The number of carbonyl (C=O) groups is 3. The molecule has 6 nitrogen and oxygen atoms in total. The van der Waals surface area contributed by atoms with Crippen LogP contribution in [0.4, 0.5) is 0 Å². The van der Waals surface area contributed by atoms with E-state index in [0.29, 0.717) is 34.4 Å².